The van der Waals surface area contributed by atoms with E-state index in [4.69, 9.17) is 4.74 Å². The van der Waals surface area contributed by atoms with Gasteiger partial charge in [-0.1, -0.05) is 30.3 Å². The molecule has 0 aliphatic carbocycles. The summed E-state index contributed by atoms with van der Waals surface area (Å²) in [5.41, 5.74) is 0.709. The van der Waals surface area contributed by atoms with Gasteiger partial charge in [0.2, 0.25) is 0 Å². The van der Waals surface area contributed by atoms with Gasteiger partial charge >= 0.3 is 6.18 Å². The summed E-state index contributed by atoms with van der Waals surface area (Å²) < 4.78 is 43.8. The largest absolute Gasteiger partial charge is 0.493 e. The summed E-state index contributed by atoms with van der Waals surface area (Å²) >= 11 is 0. The number of aliphatic hydroxyl groups excluding tert-OH is 1. The third-order valence-corrected chi connectivity index (χ3v) is 3.35. The van der Waals surface area contributed by atoms with Crippen molar-refractivity contribution < 1.29 is 23.0 Å². The fourth-order valence-corrected chi connectivity index (χ4v) is 2.13. The van der Waals surface area contributed by atoms with Gasteiger partial charge in [-0.3, -0.25) is 0 Å². The number of alkyl halides is 3. The Morgan fingerprint density at radius 1 is 1.09 bits per heavy atom. The maximum absolute atomic E-state index is 12.7. The monoisotopic (exact) mass is 310 g/mol. The van der Waals surface area contributed by atoms with E-state index in [9.17, 15) is 18.3 Å². The lowest BCUT2D eigenvalue weighted by molar-refractivity contribution is -0.137. The number of ether oxygens (including phenoxy) is 1. The van der Waals surface area contributed by atoms with Gasteiger partial charge in [0.25, 0.3) is 0 Å². The highest BCUT2D eigenvalue weighted by Gasteiger charge is 2.31. The van der Waals surface area contributed by atoms with Crippen LogP contribution in [0.15, 0.2) is 48.5 Å². The minimum atomic E-state index is -4.40. The number of aliphatic hydroxyl groups is 1. The highest BCUT2D eigenvalue weighted by Crippen LogP contribution is 2.31. The van der Waals surface area contributed by atoms with Crippen molar-refractivity contribution in [3.63, 3.8) is 0 Å². The van der Waals surface area contributed by atoms with Gasteiger partial charge in [-0.05, 0) is 36.2 Å². The van der Waals surface area contributed by atoms with Crippen LogP contribution in [0.25, 0.3) is 0 Å². The smallest absolute Gasteiger partial charge is 0.416 e. The van der Waals surface area contributed by atoms with Crippen molar-refractivity contribution in [3.8, 4) is 5.75 Å². The maximum Gasteiger partial charge on any atom is 0.416 e. The molecule has 0 aliphatic rings. The van der Waals surface area contributed by atoms with Crippen molar-refractivity contribution in [3.05, 3.63) is 65.2 Å². The Hall–Kier alpha value is -2.01. The van der Waals surface area contributed by atoms with Crippen LogP contribution in [-0.4, -0.2) is 18.3 Å². The molecule has 0 amide bonds. The van der Waals surface area contributed by atoms with Crippen LogP contribution < -0.4 is 4.74 Å². The van der Waals surface area contributed by atoms with E-state index in [1.54, 1.807) is 12.1 Å². The fourth-order valence-electron chi connectivity index (χ4n) is 2.13. The summed E-state index contributed by atoms with van der Waals surface area (Å²) in [4.78, 5) is 0. The number of hydrogen-bond acceptors (Lipinski definition) is 2. The zero-order chi connectivity index (χ0) is 16.2. The van der Waals surface area contributed by atoms with Crippen LogP contribution in [0.3, 0.4) is 0 Å². The molecule has 1 unspecified atom stereocenters. The van der Waals surface area contributed by atoms with Gasteiger partial charge in [0.15, 0.2) is 0 Å². The maximum atomic E-state index is 12.7. The topological polar surface area (TPSA) is 29.5 Å². The summed E-state index contributed by atoms with van der Waals surface area (Å²) in [6.07, 6.45) is -4.40. The van der Waals surface area contributed by atoms with Crippen molar-refractivity contribution in [2.75, 3.05) is 13.2 Å². The van der Waals surface area contributed by atoms with Gasteiger partial charge in [-0.2, -0.15) is 13.2 Å². The summed E-state index contributed by atoms with van der Waals surface area (Å²) in [5, 5.41) is 9.44. The summed E-state index contributed by atoms with van der Waals surface area (Å²) in [6.45, 7) is 1.75. The first kappa shape index (κ1) is 16.4. The molecule has 5 heteroatoms. The summed E-state index contributed by atoms with van der Waals surface area (Å²) in [7, 11) is 0. The van der Waals surface area contributed by atoms with Crippen molar-refractivity contribution in [2.45, 2.75) is 19.0 Å². The lowest BCUT2D eigenvalue weighted by atomic mass is 9.98. The normalized spacial score (nSPS) is 13.0. The molecule has 0 radical (unpaired) electrons. The first-order chi connectivity index (χ1) is 10.4. The molecule has 2 aromatic carbocycles. The first-order valence-corrected chi connectivity index (χ1v) is 6.87. The Labute approximate surface area is 127 Å². The number of hydrogen-bond donors (Lipinski definition) is 1. The van der Waals surface area contributed by atoms with Gasteiger partial charge in [0.1, 0.15) is 5.75 Å². The van der Waals surface area contributed by atoms with E-state index in [1.807, 2.05) is 25.1 Å². The Kier molecular flexibility index (Phi) is 5.08. The molecule has 1 atom stereocenters. The van der Waals surface area contributed by atoms with E-state index < -0.39 is 17.7 Å². The van der Waals surface area contributed by atoms with E-state index in [2.05, 4.69) is 0 Å². The van der Waals surface area contributed by atoms with Gasteiger partial charge in [-0.25, -0.2) is 0 Å². The molecule has 22 heavy (non-hydrogen) atoms. The Morgan fingerprint density at radius 3 is 2.45 bits per heavy atom. The first-order valence-electron chi connectivity index (χ1n) is 6.87. The molecule has 2 aromatic rings. The third-order valence-electron chi connectivity index (χ3n) is 3.35. The number of benzene rings is 2. The van der Waals surface area contributed by atoms with Gasteiger partial charge in [0.05, 0.1) is 18.8 Å². The molecule has 0 aromatic heterocycles. The van der Waals surface area contributed by atoms with E-state index in [1.165, 1.54) is 6.07 Å². The van der Waals surface area contributed by atoms with E-state index in [0.717, 1.165) is 17.7 Å². The fraction of sp³-hybridized carbons (Fsp3) is 0.294. The zero-order valence-electron chi connectivity index (χ0n) is 12.1. The molecule has 0 saturated heterocycles. The molecule has 0 fully saturated rings. The Morgan fingerprint density at radius 2 is 1.82 bits per heavy atom. The zero-order valence-corrected chi connectivity index (χ0v) is 12.1. The predicted molar refractivity (Wildman–Crippen MR) is 77.9 cm³/mol. The summed E-state index contributed by atoms with van der Waals surface area (Å²) in [6, 6.07) is 12.3. The molecule has 0 spiro atoms. The average molecular weight is 310 g/mol. The Bertz CT molecular complexity index is 623. The number of rotatable bonds is 5. The van der Waals surface area contributed by atoms with Crippen LogP contribution in [-0.2, 0) is 6.18 Å². The SMILES string of the molecule is Cc1cccc(OCC(CO)c2cccc(C(F)(F)F)c2)c1. The van der Waals surface area contributed by atoms with Crippen molar-refractivity contribution >= 4 is 0 Å². The third kappa shape index (κ3) is 4.24. The minimum Gasteiger partial charge on any atom is -0.493 e. The Balaban J connectivity index is 2.11. The summed E-state index contributed by atoms with van der Waals surface area (Å²) in [5.74, 6) is 0.119. The van der Waals surface area contributed by atoms with Crippen molar-refractivity contribution in [2.24, 2.45) is 0 Å². The highest BCUT2D eigenvalue weighted by molar-refractivity contribution is 5.30. The molecule has 118 valence electrons. The van der Waals surface area contributed by atoms with Crippen molar-refractivity contribution in [1.29, 1.82) is 0 Å². The van der Waals surface area contributed by atoms with Crippen LogP contribution in [0.2, 0.25) is 0 Å². The van der Waals surface area contributed by atoms with Crippen molar-refractivity contribution in [1.82, 2.24) is 0 Å². The van der Waals surface area contributed by atoms with Gasteiger partial charge in [0, 0.05) is 5.92 Å². The molecular weight excluding hydrogens is 293 g/mol. The second-order valence-corrected chi connectivity index (χ2v) is 5.13. The van der Waals surface area contributed by atoms with Crippen LogP contribution in [0.5, 0.6) is 5.75 Å². The molecule has 0 aliphatic heterocycles. The second kappa shape index (κ2) is 6.83. The van der Waals surface area contributed by atoms with E-state index >= 15 is 0 Å². The minimum absolute atomic E-state index is 0.112. The molecule has 0 bridgehead atoms. The van der Waals surface area contributed by atoms with Gasteiger partial charge < -0.3 is 9.84 Å². The highest BCUT2D eigenvalue weighted by atomic mass is 19.4. The van der Waals surface area contributed by atoms with Crippen LogP contribution in [0.4, 0.5) is 13.2 Å². The average Bonchev–Trinajstić information content (AvgIpc) is 2.47. The van der Waals surface area contributed by atoms with Crippen LogP contribution in [0, 0.1) is 6.92 Å². The molecule has 2 rings (SSSR count). The lowest BCUT2D eigenvalue weighted by Crippen LogP contribution is -2.15. The molecular formula is C17H17F3O2. The quantitative estimate of drug-likeness (QED) is 0.898. The standard InChI is InChI=1S/C17H17F3O2/c1-12-4-2-7-16(8-12)22-11-14(10-21)13-5-3-6-15(9-13)17(18,19)20/h2-9,14,21H,10-11H2,1H3. The van der Waals surface area contributed by atoms with E-state index in [0.29, 0.717) is 11.3 Å². The second-order valence-electron chi connectivity index (χ2n) is 5.13. The predicted octanol–water partition coefficient (Wildman–Crippen LogP) is 4.17. The molecule has 1 N–H and O–H groups in total. The number of aryl methyl sites for hydroxylation is 1. The van der Waals surface area contributed by atoms with Gasteiger partial charge in [-0.15, -0.1) is 0 Å². The number of halogens is 3. The van der Waals surface area contributed by atoms with Crippen LogP contribution in [0.1, 0.15) is 22.6 Å². The molecule has 0 heterocycles. The lowest BCUT2D eigenvalue weighted by Gasteiger charge is -2.17. The van der Waals surface area contributed by atoms with E-state index in [-0.39, 0.29) is 13.2 Å². The van der Waals surface area contributed by atoms with Crippen LogP contribution >= 0.6 is 0 Å². The molecule has 0 saturated carbocycles. The molecule has 2 nitrogen and oxygen atoms in total.